The zero-order chi connectivity index (χ0) is 14.0. The molecule has 0 aromatic heterocycles. The van der Waals surface area contributed by atoms with E-state index in [9.17, 15) is 0 Å². The summed E-state index contributed by atoms with van der Waals surface area (Å²) in [4.78, 5) is 0. The fraction of sp³-hybridized carbons (Fsp3) is 0.684. The van der Waals surface area contributed by atoms with E-state index in [1.165, 1.54) is 56.1 Å². The highest BCUT2D eigenvalue weighted by atomic mass is 15.0. The van der Waals surface area contributed by atoms with Crippen molar-refractivity contribution in [2.24, 2.45) is 23.7 Å². The largest absolute Gasteiger partial charge is 0.399 e. The van der Waals surface area contributed by atoms with Gasteiger partial charge in [0.15, 0.2) is 0 Å². The first-order chi connectivity index (χ1) is 10.3. The number of fused-ring (bicyclic) bond motifs is 6. The number of nitrogens with one attached hydrogen (secondary N) is 1. The van der Waals surface area contributed by atoms with Crippen molar-refractivity contribution in [1.82, 2.24) is 5.32 Å². The molecule has 1 aromatic rings. The molecule has 0 aliphatic heterocycles. The maximum absolute atomic E-state index is 5.93. The van der Waals surface area contributed by atoms with E-state index in [2.05, 4.69) is 23.5 Å². The number of nitrogens with two attached hydrogens (primary N) is 1. The van der Waals surface area contributed by atoms with Crippen LogP contribution < -0.4 is 11.1 Å². The third kappa shape index (κ3) is 1.81. The van der Waals surface area contributed by atoms with Crippen LogP contribution in [-0.4, -0.2) is 6.04 Å². The van der Waals surface area contributed by atoms with Gasteiger partial charge in [0.25, 0.3) is 0 Å². The van der Waals surface area contributed by atoms with Crippen molar-refractivity contribution in [2.75, 3.05) is 5.73 Å². The predicted molar refractivity (Wildman–Crippen MR) is 85.9 cm³/mol. The van der Waals surface area contributed by atoms with Crippen molar-refractivity contribution in [3.8, 4) is 0 Å². The Morgan fingerprint density at radius 3 is 2.86 bits per heavy atom. The smallest absolute Gasteiger partial charge is 0.0328 e. The summed E-state index contributed by atoms with van der Waals surface area (Å²) < 4.78 is 0. The van der Waals surface area contributed by atoms with Crippen LogP contribution in [-0.2, 0) is 6.42 Å². The third-order valence-electron chi connectivity index (χ3n) is 7.09. The molecule has 6 unspecified atom stereocenters. The summed E-state index contributed by atoms with van der Waals surface area (Å²) in [6, 6.07) is 7.91. The Morgan fingerprint density at radius 2 is 1.90 bits per heavy atom. The summed E-state index contributed by atoms with van der Waals surface area (Å²) in [6.07, 6.45) is 9.99. The molecule has 112 valence electrons. The lowest BCUT2D eigenvalue weighted by atomic mass is 9.79. The number of hydrogen-bond donors (Lipinski definition) is 2. The zero-order valence-corrected chi connectivity index (χ0v) is 12.7. The molecular formula is C19H26N2. The van der Waals surface area contributed by atoms with E-state index in [1.807, 2.05) is 0 Å². The van der Waals surface area contributed by atoms with E-state index in [0.717, 1.165) is 35.4 Å². The van der Waals surface area contributed by atoms with Crippen LogP contribution >= 0.6 is 0 Å². The first-order valence-corrected chi connectivity index (χ1v) is 8.94. The summed E-state index contributed by atoms with van der Waals surface area (Å²) in [5.74, 6) is 4.20. The minimum Gasteiger partial charge on any atom is -0.399 e. The first-order valence-electron chi connectivity index (χ1n) is 8.94. The van der Waals surface area contributed by atoms with Crippen LogP contribution in [0.15, 0.2) is 18.2 Å². The van der Waals surface area contributed by atoms with E-state index in [4.69, 9.17) is 5.73 Å². The van der Waals surface area contributed by atoms with Crippen molar-refractivity contribution < 1.29 is 0 Å². The molecule has 5 rings (SSSR count). The molecule has 2 bridgehead atoms. The fourth-order valence-corrected chi connectivity index (χ4v) is 6.33. The molecule has 0 radical (unpaired) electrons. The van der Waals surface area contributed by atoms with E-state index in [-0.39, 0.29) is 0 Å². The van der Waals surface area contributed by atoms with Gasteiger partial charge in [-0.25, -0.2) is 0 Å². The van der Waals surface area contributed by atoms with Crippen LogP contribution in [0.1, 0.15) is 55.7 Å². The lowest BCUT2D eigenvalue weighted by molar-refractivity contribution is 0.197. The van der Waals surface area contributed by atoms with Gasteiger partial charge in [0.1, 0.15) is 0 Å². The number of anilines is 1. The van der Waals surface area contributed by atoms with Gasteiger partial charge >= 0.3 is 0 Å². The molecule has 0 amide bonds. The molecule has 3 fully saturated rings. The van der Waals surface area contributed by atoms with Gasteiger partial charge < -0.3 is 11.1 Å². The second kappa shape index (κ2) is 4.49. The minimum absolute atomic E-state index is 0.588. The molecule has 6 atom stereocenters. The maximum atomic E-state index is 5.93. The second-order valence-electron chi connectivity index (χ2n) is 7.98. The molecule has 3 saturated carbocycles. The Bertz CT molecular complexity index is 567. The zero-order valence-electron chi connectivity index (χ0n) is 12.7. The van der Waals surface area contributed by atoms with E-state index in [1.54, 1.807) is 0 Å². The number of hydrogen-bond acceptors (Lipinski definition) is 2. The third-order valence-corrected chi connectivity index (χ3v) is 7.09. The summed E-state index contributed by atoms with van der Waals surface area (Å²) in [5.41, 5.74) is 9.85. The van der Waals surface area contributed by atoms with Crippen LogP contribution in [0.25, 0.3) is 0 Å². The monoisotopic (exact) mass is 282 g/mol. The molecule has 2 heteroatoms. The molecule has 0 saturated heterocycles. The van der Waals surface area contributed by atoms with Crippen molar-refractivity contribution in [1.29, 1.82) is 0 Å². The lowest BCUT2D eigenvalue weighted by Crippen LogP contribution is -2.40. The lowest BCUT2D eigenvalue weighted by Gasteiger charge is -2.34. The van der Waals surface area contributed by atoms with Crippen molar-refractivity contribution in [3.63, 3.8) is 0 Å². The molecule has 2 nitrogen and oxygen atoms in total. The van der Waals surface area contributed by atoms with Gasteiger partial charge in [-0.1, -0.05) is 12.5 Å². The number of rotatable bonds is 2. The van der Waals surface area contributed by atoms with E-state index >= 15 is 0 Å². The van der Waals surface area contributed by atoms with Gasteiger partial charge in [-0.15, -0.1) is 0 Å². The number of nitrogen functional groups attached to an aromatic ring is 1. The highest BCUT2D eigenvalue weighted by Gasteiger charge is 2.54. The Hall–Kier alpha value is -1.02. The number of aryl methyl sites for hydroxylation is 1. The molecule has 4 aliphatic carbocycles. The van der Waals surface area contributed by atoms with Gasteiger partial charge in [-0.05, 0) is 85.5 Å². The van der Waals surface area contributed by atoms with Gasteiger partial charge in [-0.3, -0.25) is 0 Å². The molecular weight excluding hydrogens is 256 g/mol. The van der Waals surface area contributed by atoms with Crippen molar-refractivity contribution >= 4 is 5.69 Å². The van der Waals surface area contributed by atoms with E-state index < -0.39 is 0 Å². The molecule has 0 heterocycles. The quantitative estimate of drug-likeness (QED) is 0.812. The summed E-state index contributed by atoms with van der Waals surface area (Å²) in [5, 5.41) is 4.06. The SMILES string of the molecule is Nc1ccc2c(c1)CCC2NC1CC2CC1C1CCCC21. The van der Waals surface area contributed by atoms with Gasteiger partial charge in [0.05, 0.1) is 0 Å². The predicted octanol–water partition coefficient (Wildman–Crippen LogP) is 3.67. The first kappa shape index (κ1) is 12.5. The Kier molecular flexibility index (Phi) is 2.67. The van der Waals surface area contributed by atoms with Gasteiger partial charge in [-0.2, -0.15) is 0 Å². The van der Waals surface area contributed by atoms with Gasteiger partial charge in [0.2, 0.25) is 0 Å². The highest BCUT2D eigenvalue weighted by molar-refractivity contribution is 5.47. The van der Waals surface area contributed by atoms with Crippen LogP contribution in [0.4, 0.5) is 5.69 Å². The molecule has 21 heavy (non-hydrogen) atoms. The van der Waals surface area contributed by atoms with E-state index in [0.29, 0.717) is 6.04 Å². The average Bonchev–Trinajstić information content (AvgIpc) is 3.19. The Balaban J connectivity index is 1.34. The van der Waals surface area contributed by atoms with Crippen LogP contribution in [0, 0.1) is 23.7 Å². The summed E-state index contributed by atoms with van der Waals surface area (Å²) >= 11 is 0. The minimum atomic E-state index is 0.588. The molecule has 0 spiro atoms. The Labute approximate surface area is 127 Å². The topological polar surface area (TPSA) is 38.0 Å². The molecule has 3 N–H and O–H groups in total. The summed E-state index contributed by atoms with van der Waals surface area (Å²) in [7, 11) is 0. The summed E-state index contributed by atoms with van der Waals surface area (Å²) in [6.45, 7) is 0. The Morgan fingerprint density at radius 1 is 1.00 bits per heavy atom. The second-order valence-corrected chi connectivity index (χ2v) is 7.98. The highest BCUT2D eigenvalue weighted by Crippen LogP contribution is 2.59. The van der Waals surface area contributed by atoms with Crippen LogP contribution in [0.2, 0.25) is 0 Å². The molecule has 1 aromatic carbocycles. The number of benzene rings is 1. The van der Waals surface area contributed by atoms with Gasteiger partial charge in [0, 0.05) is 17.8 Å². The van der Waals surface area contributed by atoms with Crippen LogP contribution in [0.3, 0.4) is 0 Å². The van der Waals surface area contributed by atoms with Crippen molar-refractivity contribution in [3.05, 3.63) is 29.3 Å². The van der Waals surface area contributed by atoms with Crippen LogP contribution in [0.5, 0.6) is 0 Å². The standard InChI is InChI=1S/C19H26N2/c20-13-5-6-15-11(8-13)4-7-18(15)21-19-10-12-9-17(19)16-3-1-2-14(12)16/h5-6,8,12,14,16-19,21H,1-4,7,9-10,20H2. The normalized spacial score (nSPS) is 43.2. The maximum Gasteiger partial charge on any atom is 0.0328 e. The van der Waals surface area contributed by atoms with Crippen molar-refractivity contribution in [2.45, 2.75) is 57.0 Å². The average molecular weight is 282 g/mol. The molecule has 4 aliphatic rings. The fourth-order valence-electron chi connectivity index (χ4n) is 6.33.